The molecule has 1 aromatic heterocycles. The first-order valence-electron chi connectivity index (χ1n) is 5.94. The summed E-state index contributed by atoms with van der Waals surface area (Å²) in [5.41, 5.74) is 8.31. The Balaban J connectivity index is 0.00000133. The van der Waals surface area contributed by atoms with Crippen LogP contribution in [-0.4, -0.2) is 17.4 Å². The number of hydrogen-bond acceptors (Lipinski definition) is 3. The van der Waals surface area contributed by atoms with Crippen LogP contribution in [0, 0.1) is 0 Å². The van der Waals surface area contributed by atoms with Crippen molar-refractivity contribution in [3.05, 3.63) is 51.7 Å². The second kappa shape index (κ2) is 5.63. The van der Waals surface area contributed by atoms with Crippen molar-refractivity contribution in [2.45, 2.75) is 13.0 Å². The monoisotopic (exact) mass is 294 g/mol. The zero-order chi connectivity index (χ0) is 12.5. The number of anilines is 1. The van der Waals surface area contributed by atoms with Crippen LogP contribution in [0.2, 0.25) is 0 Å². The van der Waals surface area contributed by atoms with Crippen molar-refractivity contribution < 1.29 is 4.79 Å². The number of rotatable bonds is 1. The second-order valence-electron chi connectivity index (χ2n) is 4.47. The highest BCUT2D eigenvalue weighted by atomic mass is 35.5. The van der Waals surface area contributed by atoms with Crippen LogP contribution < -0.4 is 5.73 Å². The molecule has 1 aliphatic heterocycles. The first-order chi connectivity index (χ1) is 8.74. The van der Waals surface area contributed by atoms with Gasteiger partial charge in [0.25, 0.3) is 5.91 Å². The van der Waals surface area contributed by atoms with Crippen LogP contribution in [0.3, 0.4) is 0 Å². The summed E-state index contributed by atoms with van der Waals surface area (Å²) in [5, 5.41) is 2.10. The van der Waals surface area contributed by atoms with E-state index in [1.54, 1.807) is 35.6 Å². The minimum Gasteiger partial charge on any atom is -0.399 e. The van der Waals surface area contributed by atoms with Crippen LogP contribution in [0.1, 0.15) is 20.8 Å². The molecule has 1 aromatic carbocycles. The molecule has 5 heteroatoms. The summed E-state index contributed by atoms with van der Waals surface area (Å²) >= 11 is 1.78. The molecule has 0 atom stereocenters. The van der Waals surface area contributed by atoms with Crippen molar-refractivity contribution in [1.82, 2.24) is 4.90 Å². The fourth-order valence-corrected chi connectivity index (χ4v) is 3.12. The topological polar surface area (TPSA) is 46.3 Å². The molecule has 0 radical (unpaired) electrons. The normalized spacial score (nSPS) is 13.6. The number of nitrogens with zero attached hydrogens (tertiary/aromatic N) is 1. The Morgan fingerprint density at radius 1 is 1.21 bits per heavy atom. The van der Waals surface area contributed by atoms with Crippen molar-refractivity contribution in [1.29, 1.82) is 0 Å². The van der Waals surface area contributed by atoms with Gasteiger partial charge in [-0.3, -0.25) is 4.79 Å². The van der Waals surface area contributed by atoms with Gasteiger partial charge in [0, 0.05) is 29.2 Å². The first kappa shape index (κ1) is 13.9. The van der Waals surface area contributed by atoms with Gasteiger partial charge < -0.3 is 10.6 Å². The molecule has 2 heterocycles. The molecule has 1 amide bonds. The SMILES string of the molecule is Cl.Nc1ccc(C(=O)N2CCc3sccc3C2)cc1. The van der Waals surface area contributed by atoms with Gasteiger partial charge >= 0.3 is 0 Å². The molecule has 0 saturated carbocycles. The van der Waals surface area contributed by atoms with E-state index in [1.165, 1.54) is 10.4 Å². The van der Waals surface area contributed by atoms with Crippen LogP contribution in [0.5, 0.6) is 0 Å². The quantitative estimate of drug-likeness (QED) is 0.822. The van der Waals surface area contributed by atoms with E-state index in [4.69, 9.17) is 5.73 Å². The zero-order valence-electron chi connectivity index (χ0n) is 10.3. The van der Waals surface area contributed by atoms with E-state index in [0.717, 1.165) is 19.5 Å². The van der Waals surface area contributed by atoms with Crippen molar-refractivity contribution in [3.63, 3.8) is 0 Å². The summed E-state index contributed by atoms with van der Waals surface area (Å²) in [6.07, 6.45) is 0.966. The molecule has 0 fully saturated rings. The number of fused-ring (bicyclic) bond motifs is 1. The van der Waals surface area contributed by atoms with Crippen molar-refractivity contribution >= 4 is 35.3 Å². The van der Waals surface area contributed by atoms with E-state index in [2.05, 4.69) is 11.4 Å². The number of benzene rings is 1. The number of halogens is 1. The first-order valence-corrected chi connectivity index (χ1v) is 6.82. The lowest BCUT2D eigenvalue weighted by molar-refractivity contribution is 0.0736. The third-order valence-corrected chi connectivity index (χ3v) is 4.28. The molecule has 0 spiro atoms. The van der Waals surface area contributed by atoms with Crippen molar-refractivity contribution in [3.8, 4) is 0 Å². The molecular weight excluding hydrogens is 280 g/mol. The fourth-order valence-electron chi connectivity index (χ4n) is 2.23. The molecule has 2 aromatic rings. The van der Waals surface area contributed by atoms with E-state index in [9.17, 15) is 4.79 Å². The van der Waals surface area contributed by atoms with Gasteiger partial charge in [-0.25, -0.2) is 0 Å². The van der Waals surface area contributed by atoms with E-state index < -0.39 is 0 Å². The highest BCUT2D eigenvalue weighted by Crippen LogP contribution is 2.25. The molecule has 0 saturated heterocycles. The predicted molar refractivity (Wildman–Crippen MR) is 80.9 cm³/mol. The molecule has 100 valence electrons. The van der Waals surface area contributed by atoms with E-state index in [0.29, 0.717) is 11.3 Å². The van der Waals surface area contributed by atoms with Gasteiger partial charge in [-0.15, -0.1) is 23.7 Å². The number of nitrogen functional groups attached to an aromatic ring is 1. The maximum Gasteiger partial charge on any atom is 0.254 e. The average molecular weight is 295 g/mol. The summed E-state index contributed by atoms with van der Waals surface area (Å²) in [6.45, 7) is 1.53. The van der Waals surface area contributed by atoms with Gasteiger partial charge in [0.2, 0.25) is 0 Å². The highest BCUT2D eigenvalue weighted by Gasteiger charge is 2.22. The van der Waals surface area contributed by atoms with Crippen LogP contribution in [0.15, 0.2) is 35.7 Å². The summed E-state index contributed by atoms with van der Waals surface area (Å²) in [7, 11) is 0. The highest BCUT2D eigenvalue weighted by molar-refractivity contribution is 7.10. The maximum atomic E-state index is 12.3. The number of thiophene rings is 1. The van der Waals surface area contributed by atoms with Gasteiger partial charge in [0.1, 0.15) is 0 Å². The lowest BCUT2D eigenvalue weighted by atomic mass is 10.1. The third kappa shape index (κ3) is 2.74. The number of carbonyl (C=O) groups excluding carboxylic acids is 1. The average Bonchev–Trinajstić information content (AvgIpc) is 2.86. The standard InChI is InChI=1S/C14H14N2OS.ClH/c15-12-3-1-10(2-4-12)14(17)16-7-5-13-11(9-16)6-8-18-13;/h1-4,6,8H,5,7,9,15H2;1H. The van der Waals surface area contributed by atoms with Crippen LogP contribution in [0.25, 0.3) is 0 Å². The van der Waals surface area contributed by atoms with E-state index in [-0.39, 0.29) is 18.3 Å². The van der Waals surface area contributed by atoms with E-state index >= 15 is 0 Å². The second-order valence-corrected chi connectivity index (χ2v) is 5.47. The lowest BCUT2D eigenvalue weighted by Gasteiger charge is -2.27. The molecular formula is C14H15ClN2OS. The van der Waals surface area contributed by atoms with Crippen LogP contribution in [0.4, 0.5) is 5.69 Å². The number of nitrogens with two attached hydrogens (primary N) is 1. The smallest absolute Gasteiger partial charge is 0.254 e. The number of amides is 1. The maximum absolute atomic E-state index is 12.3. The van der Waals surface area contributed by atoms with Crippen molar-refractivity contribution in [2.24, 2.45) is 0 Å². The molecule has 0 aliphatic carbocycles. The Bertz CT molecular complexity index is 579. The Morgan fingerprint density at radius 2 is 1.95 bits per heavy atom. The van der Waals surface area contributed by atoms with E-state index in [1.807, 2.05) is 4.90 Å². The number of hydrogen-bond donors (Lipinski definition) is 1. The summed E-state index contributed by atoms with van der Waals surface area (Å²) in [4.78, 5) is 15.6. The largest absolute Gasteiger partial charge is 0.399 e. The Morgan fingerprint density at radius 3 is 2.68 bits per heavy atom. The molecule has 3 nitrogen and oxygen atoms in total. The van der Waals surface area contributed by atoms with Crippen LogP contribution >= 0.6 is 23.7 Å². The molecule has 3 rings (SSSR count). The Labute approximate surface area is 122 Å². The predicted octanol–water partition coefficient (Wildman–Crippen LogP) is 2.95. The van der Waals surface area contributed by atoms with Crippen LogP contribution in [-0.2, 0) is 13.0 Å². The molecule has 2 N–H and O–H groups in total. The fraction of sp³-hybridized carbons (Fsp3) is 0.214. The van der Waals surface area contributed by atoms with Gasteiger partial charge in [0.05, 0.1) is 0 Å². The van der Waals surface area contributed by atoms with Gasteiger partial charge in [-0.1, -0.05) is 0 Å². The van der Waals surface area contributed by atoms with Crippen molar-refractivity contribution in [2.75, 3.05) is 12.3 Å². The van der Waals surface area contributed by atoms with Gasteiger partial charge in [-0.05, 0) is 47.7 Å². The van der Waals surface area contributed by atoms with Gasteiger partial charge in [-0.2, -0.15) is 0 Å². The molecule has 1 aliphatic rings. The zero-order valence-corrected chi connectivity index (χ0v) is 12.0. The lowest BCUT2D eigenvalue weighted by Crippen LogP contribution is -2.35. The minimum absolute atomic E-state index is 0. The molecule has 19 heavy (non-hydrogen) atoms. The molecule has 0 unspecified atom stereocenters. The minimum atomic E-state index is 0. The Kier molecular flexibility index (Phi) is 4.12. The molecule has 0 bridgehead atoms. The summed E-state index contributed by atoms with van der Waals surface area (Å²) in [6, 6.07) is 9.24. The summed E-state index contributed by atoms with van der Waals surface area (Å²) in [5.74, 6) is 0.0897. The number of carbonyl (C=O) groups is 1. The Hall–Kier alpha value is -1.52. The third-order valence-electron chi connectivity index (χ3n) is 3.25. The summed E-state index contributed by atoms with van der Waals surface area (Å²) < 4.78 is 0. The van der Waals surface area contributed by atoms with Gasteiger partial charge in [0.15, 0.2) is 0 Å².